The van der Waals surface area contributed by atoms with Crippen LogP contribution in [0.15, 0.2) is 36.5 Å². The Hall–Kier alpha value is -2.34. The number of rotatable bonds is 2. The predicted molar refractivity (Wildman–Crippen MR) is 67.5 cm³/mol. The van der Waals surface area contributed by atoms with E-state index in [0.717, 1.165) is 18.6 Å². The summed E-state index contributed by atoms with van der Waals surface area (Å²) in [5, 5.41) is 8.98. The van der Waals surface area contributed by atoms with E-state index in [-0.39, 0.29) is 0 Å². The maximum absolute atomic E-state index is 8.98. The van der Waals surface area contributed by atoms with E-state index in [1.807, 2.05) is 6.07 Å². The Kier molecular flexibility index (Phi) is 2.70. The van der Waals surface area contributed by atoms with E-state index in [1.54, 1.807) is 18.3 Å². The third-order valence-corrected chi connectivity index (χ3v) is 3.18. The van der Waals surface area contributed by atoms with Gasteiger partial charge in [0.25, 0.3) is 0 Å². The zero-order valence-corrected chi connectivity index (χ0v) is 9.89. The molecule has 3 heteroatoms. The Morgan fingerprint density at radius 3 is 2.94 bits per heavy atom. The van der Waals surface area contributed by atoms with Gasteiger partial charge in [-0.15, -0.1) is 0 Å². The van der Waals surface area contributed by atoms with E-state index < -0.39 is 0 Å². The SMILES string of the molecule is N#Cc1cccnc1Oc1ccc2c(c1)CCC2. The van der Waals surface area contributed by atoms with Crippen LogP contribution in [0.25, 0.3) is 0 Å². The topological polar surface area (TPSA) is 45.9 Å². The molecule has 0 aliphatic heterocycles. The van der Waals surface area contributed by atoms with Crippen molar-refractivity contribution in [2.45, 2.75) is 19.3 Å². The van der Waals surface area contributed by atoms with Crippen molar-refractivity contribution >= 4 is 0 Å². The van der Waals surface area contributed by atoms with Crippen molar-refractivity contribution in [1.82, 2.24) is 4.98 Å². The summed E-state index contributed by atoms with van der Waals surface area (Å²) in [5.74, 6) is 1.13. The largest absolute Gasteiger partial charge is 0.438 e. The number of nitriles is 1. The highest BCUT2D eigenvalue weighted by Crippen LogP contribution is 2.29. The molecule has 1 aliphatic rings. The fourth-order valence-corrected chi connectivity index (χ4v) is 2.28. The summed E-state index contributed by atoms with van der Waals surface area (Å²) >= 11 is 0. The maximum atomic E-state index is 8.98. The van der Waals surface area contributed by atoms with Crippen LogP contribution < -0.4 is 4.74 Å². The van der Waals surface area contributed by atoms with Crippen molar-refractivity contribution < 1.29 is 4.74 Å². The van der Waals surface area contributed by atoms with Gasteiger partial charge in [-0.1, -0.05) is 6.07 Å². The number of hydrogen-bond acceptors (Lipinski definition) is 3. The molecule has 0 spiro atoms. The Morgan fingerprint density at radius 2 is 2.06 bits per heavy atom. The van der Waals surface area contributed by atoms with Gasteiger partial charge >= 0.3 is 0 Å². The van der Waals surface area contributed by atoms with Gasteiger partial charge in [0.05, 0.1) is 0 Å². The second-order valence-corrected chi connectivity index (χ2v) is 4.35. The van der Waals surface area contributed by atoms with Gasteiger partial charge in [-0.05, 0) is 54.7 Å². The summed E-state index contributed by atoms with van der Waals surface area (Å²) < 4.78 is 5.69. The molecule has 0 N–H and O–H groups in total. The standard InChI is InChI=1S/C15H12N2O/c16-10-13-5-2-8-17-15(13)18-14-7-6-11-3-1-4-12(11)9-14/h2,5-9H,1,3-4H2. The lowest BCUT2D eigenvalue weighted by Crippen LogP contribution is -1.92. The van der Waals surface area contributed by atoms with Gasteiger partial charge in [-0.3, -0.25) is 0 Å². The first-order valence-electron chi connectivity index (χ1n) is 6.01. The van der Waals surface area contributed by atoms with Crippen LogP contribution in [0.2, 0.25) is 0 Å². The molecule has 0 unspecified atom stereocenters. The molecule has 1 aromatic carbocycles. The van der Waals surface area contributed by atoms with Crippen LogP contribution in [0.1, 0.15) is 23.1 Å². The van der Waals surface area contributed by atoms with Crippen LogP contribution in [0.5, 0.6) is 11.6 Å². The lowest BCUT2D eigenvalue weighted by molar-refractivity contribution is 0.460. The number of ether oxygens (including phenoxy) is 1. The minimum atomic E-state index is 0.373. The average molecular weight is 236 g/mol. The highest BCUT2D eigenvalue weighted by Gasteiger charge is 2.12. The Labute approximate surface area is 106 Å². The highest BCUT2D eigenvalue weighted by atomic mass is 16.5. The van der Waals surface area contributed by atoms with Crippen LogP contribution in [-0.4, -0.2) is 4.98 Å². The smallest absolute Gasteiger partial charge is 0.237 e. The minimum Gasteiger partial charge on any atom is -0.438 e. The molecular formula is C15H12N2O. The van der Waals surface area contributed by atoms with Crippen LogP contribution in [0.3, 0.4) is 0 Å². The van der Waals surface area contributed by atoms with Crippen molar-refractivity contribution in [1.29, 1.82) is 5.26 Å². The second kappa shape index (κ2) is 4.50. The molecule has 2 aromatic rings. The third-order valence-electron chi connectivity index (χ3n) is 3.18. The number of aryl methyl sites for hydroxylation is 2. The average Bonchev–Trinajstić information content (AvgIpc) is 2.87. The molecule has 0 fully saturated rings. The molecule has 0 saturated carbocycles. The van der Waals surface area contributed by atoms with Crippen molar-refractivity contribution in [2.24, 2.45) is 0 Å². The fourth-order valence-electron chi connectivity index (χ4n) is 2.28. The van der Waals surface area contributed by atoms with E-state index in [9.17, 15) is 0 Å². The molecular weight excluding hydrogens is 224 g/mol. The quantitative estimate of drug-likeness (QED) is 0.804. The fraction of sp³-hybridized carbons (Fsp3) is 0.200. The van der Waals surface area contributed by atoms with E-state index in [4.69, 9.17) is 10.00 Å². The van der Waals surface area contributed by atoms with Gasteiger partial charge in [0, 0.05) is 6.20 Å². The maximum Gasteiger partial charge on any atom is 0.237 e. The molecule has 0 bridgehead atoms. The lowest BCUT2D eigenvalue weighted by atomic mass is 10.1. The third kappa shape index (κ3) is 1.93. The molecule has 0 amide bonds. The van der Waals surface area contributed by atoms with Gasteiger partial charge in [0.2, 0.25) is 5.88 Å². The summed E-state index contributed by atoms with van der Waals surface area (Å²) in [6.07, 6.45) is 5.11. The number of pyridine rings is 1. The first kappa shape index (κ1) is 10.8. The summed E-state index contributed by atoms with van der Waals surface area (Å²) in [7, 11) is 0. The van der Waals surface area contributed by atoms with Crippen LogP contribution in [0, 0.1) is 11.3 Å². The zero-order valence-electron chi connectivity index (χ0n) is 9.89. The molecule has 3 rings (SSSR count). The zero-order chi connectivity index (χ0) is 12.4. The molecule has 3 nitrogen and oxygen atoms in total. The van der Waals surface area contributed by atoms with E-state index >= 15 is 0 Å². The second-order valence-electron chi connectivity index (χ2n) is 4.35. The van der Waals surface area contributed by atoms with Crippen LogP contribution >= 0.6 is 0 Å². The van der Waals surface area contributed by atoms with Crippen molar-refractivity contribution in [3.05, 3.63) is 53.2 Å². The van der Waals surface area contributed by atoms with Crippen LogP contribution in [0.4, 0.5) is 0 Å². The van der Waals surface area contributed by atoms with E-state index in [2.05, 4.69) is 23.2 Å². The summed E-state index contributed by atoms with van der Waals surface area (Å²) in [4.78, 5) is 4.09. The van der Waals surface area contributed by atoms with Crippen molar-refractivity contribution in [3.8, 4) is 17.7 Å². The monoisotopic (exact) mass is 236 g/mol. The number of fused-ring (bicyclic) bond motifs is 1. The molecule has 1 heterocycles. The number of nitrogens with zero attached hydrogens (tertiary/aromatic N) is 2. The minimum absolute atomic E-state index is 0.373. The normalized spacial score (nSPS) is 12.8. The van der Waals surface area contributed by atoms with Crippen molar-refractivity contribution in [3.63, 3.8) is 0 Å². The Bertz CT molecular complexity index is 629. The van der Waals surface area contributed by atoms with Gasteiger partial charge in [0.1, 0.15) is 17.4 Å². The molecule has 1 aromatic heterocycles. The molecule has 0 radical (unpaired) electrons. The van der Waals surface area contributed by atoms with Gasteiger partial charge in [-0.25, -0.2) is 4.98 Å². The summed E-state index contributed by atoms with van der Waals surface area (Å²) in [6, 6.07) is 11.6. The van der Waals surface area contributed by atoms with Gasteiger partial charge in [-0.2, -0.15) is 5.26 Å². The Balaban J connectivity index is 1.91. The number of benzene rings is 1. The van der Waals surface area contributed by atoms with Crippen LogP contribution in [-0.2, 0) is 12.8 Å². The first-order valence-corrected chi connectivity index (χ1v) is 6.01. The number of aromatic nitrogens is 1. The molecule has 18 heavy (non-hydrogen) atoms. The molecule has 88 valence electrons. The van der Waals surface area contributed by atoms with E-state index in [1.165, 1.54) is 17.5 Å². The van der Waals surface area contributed by atoms with Gasteiger partial charge < -0.3 is 4.74 Å². The Morgan fingerprint density at radius 1 is 1.17 bits per heavy atom. The molecule has 0 atom stereocenters. The predicted octanol–water partition coefficient (Wildman–Crippen LogP) is 3.23. The lowest BCUT2D eigenvalue weighted by Gasteiger charge is -2.07. The van der Waals surface area contributed by atoms with Crippen molar-refractivity contribution in [2.75, 3.05) is 0 Å². The summed E-state index contributed by atoms with van der Waals surface area (Å²) in [5.41, 5.74) is 3.21. The van der Waals surface area contributed by atoms with E-state index in [0.29, 0.717) is 11.4 Å². The van der Waals surface area contributed by atoms with Gasteiger partial charge in [0.15, 0.2) is 0 Å². The molecule has 0 saturated heterocycles. The first-order chi connectivity index (χ1) is 8.86. The number of hydrogen-bond donors (Lipinski definition) is 0. The summed E-state index contributed by atoms with van der Waals surface area (Å²) in [6.45, 7) is 0. The molecule has 1 aliphatic carbocycles. The highest BCUT2D eigenvalue weighted by molar-refractivity contribution is 5.43.